The molecule has 10 nitrogen and oxygen atoms in total. The molecule has 176 valence electrons. The minimum Gasteiger partial charge on any atom is -0.492 e. The SMILES string of the molecule is CC(C)c1noc(N2CCC(COc3ccc(N4CCN(S(C)(=O)=O)CC4)nc3)CC2)n1. The van der Waals surface area contributed by atoms with E-state index in [0.29, 0.717) is 44.7 Å². The van der Waals surface area contributed by atoms with Gasteiger partial charge in [-0.1, -0.05) is 19.0 Å². The van der Waals surface area contributed by atoms with Crippen LogP contribution in [0.4, 0.5) is 11.8 Å². The molecule has 4 heterocycles. The molecule has 11 heteroatoms. The third kappa shape index (κ3) is 5.50. The number of ether oxygens (including phenoxy) is 1. The molecule has 0 spiro atoms. The molecule has 0 saturated carbocycles. The average molecular weight is 465 g/mol. The first kappa shape index (κ1) is 22.8. The van der Waals surface area contributed by atoms with E-state index in [1.165, 1.54) is 10.6 Å². The summed E-state index contributed by atoms with van der Waals surface area (Å²) in [5, 5.41) is 4.05. The van der Waals surface area contributed by atoms with Crippen LogP contribution in [0.1, 0.15) is 38.4 Å². The topological polar surface area (TPSA) is 105 Å². The van der Waals surface area contributed by atoms with Crippen LogP contribution in [-0.4, -0.2) is 80.0 Å². The van der Waals surface area contributed by atoms with Gasteiger partial charge in [0.25, 0.3) is 0 Å². The summed E-state index contributed by atoms with van der Waals surface area (Å²) in [6.07, 6.45) is 5.02. The van der Waals surface area contributed by atoms with E-state index >= 15 is 0 Å². The minimum absolute atomic E-state index is 0.260. The van der Waals surface area contributed by atoms with Crippen molar-refractivity contribution in [2.45, 2.75) is 32.6 Å². The molecule has 2 aliphatic heterocycles. The Morgan fingerprint density at radius 1 is 1.09 bits per heavy atom. The van der Waals surface area contributed by atoms with E-state index < -0.39 is 10.0 Å². The number of rotatable bonds is 7. The summed E-state index contributed by atoms with van der Waals surface area (Å²) in [4.78, 5) is 13.3. The Hall–Kier alpha value is -2.40. The first-order valence-electron chi connectivity index (χ1n) is 11.2. The normalized spacial score (nSPS) is 19.0. The van der Waals surface area contributed by atoms with Crippen LogP contribution in [0.5, 0.6) is 5.75 Å². The van der Waals surface area contributed by atoms with Gasteiger partial charge in [0, 0.05) is 45.2 Å². The standard InChI is InChI=1S/C21H32N6O4S/c1-16(2)20-23-21(31-24-20)26-8-6-17(7-9-26)15-30-18-4-5-19(22-14-18)25-10-12-27(13-11-25)32(3,28)29/h4-5,14,16-17H,6-13,15H2,1-3H3. The van der Waals surface area contributed by atoms with Crippen molar-refractivity contribution in [3.8, 4) is 5.75 Å². The van der Waals surface area contributed by atoms with Crippen LogP contribution in [0.25, 0.3) is 0 Å². The highest BCUT2D eigenvalue weighted by Gasteiger charge is 2.25. The molecule has 0 atom stereocenters. The summed E-state index contributed by atoms with van der Waals surface area (Å²) >= 11 is 0. The maximum absolute atomic E-state index is 11.7. The second-order valence-electron chi connectivity index (χ2n) is 8.83. The maximum Gasteiger partial charge on any atom is 0.324 e. The Bertz CT molecular complexity index is 978. The van der Waals surface area contributed by atoms with Crippen LogP contribution < -0.4 is 14.5 Å². The fraction of sp³-hybridized carbons (Fsp3) is 0.667. The van der Waals surface area contributed by atoms with Crippen molar-refractivity contribution in [2.24, 2.45) is 5.92 Å². The fourth-order valence-corrected chi connectivity index (χ4v) is 4.81. The van der Waals surface area contributed by atoms with Gasteiger partial charge in [0.1, 0.15) is 11.6 Å². The first-order valence-corrected chi connectivity index (χ1v) is 13.0. The van der Waals surface area contributed by atoms with Crippen molar-refractivity contribution in [1.82, 2.24) is 19.4 Å². The number of aromatic nitrogens is 3. The smallest absolute Gasteiger partial charge is 0.324 e. The van der Waals surface area contributed by atoms with Gasteiger partial charge in [-0.25, -0.2) is 13.4 Å². The lowest BCUT2D eigenvalue weighted by Crippen LogP contribution is -2.48. The molecule has 0 radical (unpaired) electrons. The molecule has 0 unspecified atom stereocenters. The van der Waals surface area contributed by atoms with E-state index in [4.69, 9.17) is 9.26 Å². The second-order valence-corrected chi connectivity index (χ2v) is 10.8. The van der Waals surface area contributed by atoms with Crippen LogP contribution in [0.3, 0.4) is 0 Å². The lowest BCUT2D eigenvalue weighted by atomic mass is 9.98. The van der Waals surface area contributed by atoms with E-state index in [1.54, 1.807) is 6.20 Å². The zero-order chi connectivity index (χ0) is 22.7. The lowest BCUT2D eigenvalue weighted by Gasteiger charge is -2.34. The zero-order valence-corrected chi connectivity index (χ0v) is 19.8. The molecule has 2 aliphatic rings. The average Bonchev–Trinajstić information content (AvgIpc) is 3.29. The summed E-state index contributed by atoms with van der Waals surface area (Å²) in [5.41, 5.74) is 0. The van der Waals surface area contributed by atoms with E-state index in [1.807, 2.05) is 12.1 Å². The quantitative estimate of drug-likeness (QED) is 0.608. The number of anilines is 2. The van der Waals surface area contributed by atoms with Gasteiger partial charge in [-0.2, -0.15) is 9.29 Å². The van der Waals surface area contributed by atoms with Gasteiger partial charge in [-0.15, -0.1) is 0 Å². The number of pyridine rings is 1. The summed E-state index contributed by atoms with van der Waals surface area (Å²) in [6.45, 7) is 8.77. The van der Waals surface area contributed by atoms with Gasteiger partial charge in [0.2, 0.25) is 10.0 Å². The summed E-state index contributed by atoms with van der Waals surface area (Å²) in [6, 6.07) is 4.49. The van der Waals surface area contributed by atoms with Gasteiger partial charge in [-0.05, 0) is 30.9 Å². The van der Waals surface area contributed by atoms with Crippen molar-refractivity contribution < 1.29 is 17.7 Å². The highest BCUT2D eigenvalue weighted by atomic mass is 32.2. The van der Waals surface area contributed by atoms with Crippen molar-refractivity contribution in [3.05, 3.63) is 24.2 Å². The Morgan fingerprint density at radius 3 is 2.38 bits per heavy atom. The van der Waals surface area contributed by atoms with Crippen molar-refractivity contribution in [1.29, 1.82) is 0 Å². The molecule has 2 aromatic heterocycles. The van der Waals surface area contributed by atoms with Gasteiger partial charge in [0.05, 0.1) is 19.1 Å². The predicted molar refractivity (Wildman–Crippen MR) is 122 cm³/mol. The Morgan fingerprint density at radius 2 is 1.81 bits per heavy atom. The van der Waals surface area contributed by atoms with Gasteiger partial charge in [-0.3, -0.25) is 0 Å². The molecule has 4 rings (SSSR count). The summed E-state index contributed by atoms with van der Waals surface area (Å²) in [5.74, 6) is 3.08. The van der Waals surface area contributed by atoms with Gasteiger partial charge < -0.3 is 19.1 Å². The Kier molecular flexibility index (Phi) is 6.85. The number of piperidine rings is 1. The van der Waals surface area contributed by atoms with Crippen LogP contribution in [0, 0.1) is 5.92 Å². The van der Waals surface area contributed by atoms with E-state index in [9.17, 15) is 8.42 Å². The van der Waals surface area contributed by atoms with E-state index in [0.717, 1.165) is 43.3 Å². The summed E-state index contributed by atoms with van der Waals surface area (Å²) in [7, 11) is -3.13. The number of nitrogens with zero attached hydrogens (tertiary/aromatic N) is 6. The van der Waals surface area contributed by atoms with E-state index in [-0.39, 0.29) is 5.92 Å². The van der Waals surface area contributed by atoms with E-state index in [2.05, 4.69) is 38.8 Å². The fourth-order valence-electron chi connectivity index (χ4n) is 3.99. The minimum atomic E-state index is -3.13. The van der Waals surface area contributed by atoms with Crippen molar-refractivity contribution >= 4 is 21.9 Å². The highest BCUT2D eigenvalue weighted by molar-refractivity contribution is 7.88. The largest absolute Gasteiger partial charge is 0.492 e. The molecule has 0 amide bonds. The number of hydrogen-bond acceptors (Lipinski definition) is 9. The van der Waals surface area contributed by atoms with Crippen LogP contribution in [-0.2, 0) is 10.0 Å². The number of sulfonamides is 1. The van der Waals surface area contributed by atoms with Crippen LogP contribution in [0.2, 0.25) is 0 Å². The molecule has 2 fully saturated rings. The van der Waals surface area contributed by atoms with Crippen LogP contribution >= 0.6 is 0 Å². The number of hydrogen-bond donors (Lipinski definition) is 0. The van der Waals surface area contributed by atoms with Gasteiger partial charge in [0.15, 0.2) is 5.82 Å². The Balaban J connectivity index is 1.21. The summed E-state index contributed by atoms with van der Waals surface area (Å²) < 4.78 is 36.2. The third-order valence-corrected chi connectivity index (χ3v) is 7.37. The molecule has 32 heavy (non-hydrogen) atoms. The zero-order valence-electron chi connectivity index (χ0n) is 19.0. The Labute approximate surface area is 189 Å². The highest BCUT2D eigenvalue weighted by Crippen LogP contribution is 2.25. The molecule has 2 aromatic rings. The molecule has 0 aliphatic carbocycles. The maximum atomic E-state index is 11.7. The first-order chi connectivity index (χ1) is 15.3. The van der Waals surface area contributed by atoms with Crippen molar-refractivity contribution in [3.63, 3.8) is 0 Å². The predicted octanol–water partition coefficient (Wildman–Crippen LogP) is 1.96. The number of piperazine rings is 1. The molecule has 0 N–H and O–H groups in total. The third-order valence-electron chi connectivity index (χ3n) is 6.07. The molecule has 0 aromatic carbocycles. The lowest BCUT2D eigenvalue weighted by molar-refractivity contribution is 0.219. The van der Waals surface area contributed by atoms with Crippen molar-refractivity contribution in [2.75, 3.05) is 61.9 Å². The molecule has 0 bridgehead atoms. The van der Waals surface area contributed by atoms with Gasteiger partial charge >= 0.3 is 6.01 Å². The molecule has 2 saturated heterocycles. The second kappa shape index (κ2) is 9.62. The molecular weight excluding hydrogens is 432 g/mol. The molecular formula is C21H32N6O4S. The monoisotopic (exact) mass is 464 g/mol. The van der Waals surface area contributed by atoms with Crippen LogP contribution in [0.15, 0.2) is 22.9 Å².